The van der Waals surface area contributed by atoms with Gasteiger partial charge in [0, 0.05) is 13.0 Å². The van der Waals surface area contributed by atoms with Crippen LogP contribution in [0.5, 0.6) is 0 Å². The molecule has 3 nitrogen and oxygen atoms in total. The Balaban J connectivity index is 2.02. The van der Waals surface area contributed by atoms with Crippen molar-refractivity contribution in [2.75, 3.05) is 6.61 Å². The van der Waals surface area contributed by atoms with E-state index in [9.17, 15) is 9.18 Å². The lowest BCUT2D eigenvalue weighted by Gasteiger charge is -2.37. The maximum Gasteiger partial charge on any atom is 0.166 e. The Labute approximate surface area is 190 Å². The molecular weight excluding hydrogens is 391 g/mol. The van der Waals surface area contributed by atoms with E-state index >= 15 is 0 Å². The van der Waals surface area contributed by atoms with Crippen LogP contribution in [0.25, 0.3) is 0 Å². The summed E-state index contributed by atoms with van der Waals surface area (Å²) in [5.41, 5.74) is 1.57. The molecule has 0 aromatic rings. The second-order valence-corrected chi connectivity index (χ2v) is 9.83. The van der Waals surface area contributed by atoms with Gasteiger partial charge in [0.15, 0.2) is 18.2 Å². The van der Waals surface area contributed by atoms with Crippen LogP contribution in [0.15, 0.2) is 11.6 Å². The van der Waals surface area contributed by atoms with Crippen molar-refractivity contribution >= 4 is 5.78 Å². The summed E-state index contributed by atoms with van der Waals surface area (Å²) in [6, 6.07) is 0. The Bertz CT molecular complexity index is 527. The maximum atomic E-state index is 14.3. The number of hydrogen-bond acceptors (Lipinski definition) is 3. The summed E-state index contributed by atoms with van der Waals surface area (Å²) < 4.78 is 26.6. The van der Waals surface area contributed by atoms with Crippen molar-refractivity contribution in [2.45, 2.75) is 136 Å². The van der Waals surface area contributed by atoms with Gasteiger partial charge < -0.3 is 9.47 Å². The van der Waals surface area contributed by atoms with Crippen LogP contribution in [0.4, 0.5) is 4.39 Å². The first kappa shape index (κ1) is 26.5. The highest BCUT2D eigenvalue weighted by Crippen LogP contribution is 2.36. The smallest absolute Gasteiger partial charge is 0.166 e. The number of unbranched alkanes of at least 4 members (excludes halogenated alkanes) is 3. The van der Waals surface area contributed by atoms with Gasteiger partial charge in [0.05, 0.1) is 6.10 Å². The highest BCUT2D eigenvalue weighted by molar-refractivity contribution is 5.82. The van der Waals surface area contributed by atoms with Crippen LogP contribution in [0.1, 0.15) is 117 Å². The molecule has 3 unspecified atom stereocenters. The molecule has 1 aliphatic carbocycles. The van der Waals surface area contributed by atoms with E-state index in [-0.39, 0.29) is 24.1 Å². The lowest BCUT2D eigenvalue weighted by atomic mass is 9.77. The van der Waals surface area contributed by atoms with Gasteiger partial charge in [-0.25, -0.2) is 4.39 Å². The number of allylic oxidation sites excluding steroid dienone is 2. The van der Waals surface area contributed by atoms with Crippen molar-refractivity contribution in [2.24, 2.45) is 11.8 Å². The summed E-state index contributed by atoms with van der Waals surface area (Å²) in [6.45, 7) is 7.36. The zero-order chi connectivity index (χ0) is 22.5. The van der Waals surface area contributed by atoms with Crippen LogP contribution in [0.2, 0.25) is 0 Å². The Hall–Kier alpha value is -0.740. The molecule has 0 amide bonds. The number of alkyl halides is 1. The molecule has 0 saturated carbocycles. The standard InChI is InChI=1S/C27H47FO3/c1-4-6-8-12-22-13-11-15-26(31-27-16-9-10-19-30-27)23(21(3)20-22)17-18-25(29)24(28)14-7-5-2/h13,21,23-24,26-27H,4-12,14-20H2,1-3H3/t21?,23-,24?,26-,27?/m1/s1. The summed E-state index contributed by atoms with van der Waals surface area (Å²) in [6.07, 6.45) is 15.5. The zero-order valence-electron chi connectivity index (χ0n) is 20.4. The van der Waals surface area contributed by atoms with Gasteiger partial charge in [-0.3, -0.25) is 4.79 Å². The fourth-order valence-corrected chi connectivity index (χ4v) is 5.15. The Morgan fingerprint density at radius 1 is 1.19 bits per heavy atom. The molecule has 0 radical (unpaired) electrons. The average Bonchev–Trinajstić information content (AvgIpc) is 2.76. The molecule has 1 heterocycles. The van der Waals surface area contributed by atoms with E-state index in [0.717, 1.165) is 64.4 Å². The highest BCUT2D eigenvalue weighted by atomic mass is 19.1. The van der Waals surface area contributed by atoms with Gasteiger partial charge in [0.2, 0.25) is 0 Å². The molecule has 1 fully saturated rings. The first-order chi connectivity index (χ1) is 15.0. The minimum atomic E-state index is -1.30. The molecule has 0 aromatic carbocycles. The number of Topliss-reactive ketones (excluding diaryl/α,β-unsaturated/α-hetero) is 1. The first-order valence-electron chi connectivity index (χ1n) is 13.2. The molecule has 0 N–H and O–H groups in total. The summed E-state index contributed by atoms with van der Waals surface area (Å²) in [5, 5.41) is 0. The van der Waals surface area contributed by atoms with Gasteiger partial charge in [0.1, 0.15) is 0 Å². The third-order valence-electron chi connectivity index (χ3n) is 7.13. The number of ether oxygens (including phenoxy) is 2. The summed E-state index contributed by atoms with van der Waals surface area (Å²) >= 11 is 0. The van der Waals surface area contributed by atoms with E-state index in [1.165, 1.54) is 25.7 Å². The van der Waals surface area contributed by atoms with Crippen LogP contribution in [-0.2, 0) is 14.3 Å². The molecule has 1 aliphatic heterocycles. The third kappa shape index (κ3) is 9.74. The highest BCUT2D eigenvalue weighted by Gasteiger charge is 2.33. The molecule has 5 atom stereocenters. The van der Waals surface area contributed by atoms with Crippen molar-refractivity contribution in [3.8, 4) is 0 Å². The monoisotopic (exact) mass is 438 g/mol. The largest absolute Gasteiger partial charge is 0.353 e. The Morgan fingerprint density at radius 3 is 2.71 bits per heavy atom. The summed E-state index contributed by atoms with van der Waals surface area (Å²) in [4.78, 5) is 12.4. The molecule has 1 saturated heterocycles. The molecule has 2 rings (SSSR count). The molecule has 2 aliphatic rings. The van der Waals surface area contributed by atoms with Crippen LogP contribution in [0.3, 0.4) is 0 Å². The molecule has 0 aromatic heterocycles. The van der Waals surface area contributed by atoms with Crippen LogP contribution < -0.4 is 0 Å². The second kappa shape index (κ2) is 15.2. The van der Waals surface area contributed by atoms with Crippen LogP contribution >= 0.6 is 0 Å². The van der Waals surface area contributed by atoms with Gasteiger partial charge in [-0.2, -0.15) is 0 Å². The predicted molar refractivity (Wildman–Crippen MR) is 126 cm³/mol. The predicted octanol–water partition coefficient (Wildman–Crippen LogP) is 7.72. The molecule has 180 valence electrons. The molecule has 0 bridgehead atoms. The van der Waals surface area contributed by atoms with E-state index in [1.54, 1.807) is 5.57 Å². The topological polar surface area (TPSA) is 35.5 Å². The lowest BCUT2D eigenvalue weighted by molar-refractivity contribution is -0.204. The Morgan fingerprint density at radius 2 is 2.00 bits per heavy atom. The van der Waals surface area contributed by atoms with Gasteiger partial charge in [0.25, 0.3) is 0 Å². The number of carbonyl (C=O) groups excluding carboxylic acids is 1. The van der Waals surface area contributed by atoms with Crippen molar-refractivity contribution in [1.29, 1.82) is 0 Å². The number of ketones is 1. The second-order valence-electron chi connectivity index (χ2n) is 9.83. The quantitative estimate of drug-likeness (QED) is 0.218. The molecular formula is C27H47FO3. The minimum Gasteiger partial charge on any atom is -0.353 e. The third-order valence-corrected chi connectivity index (χ3v) is 7.13. The van der Waals surface area contributed by atoms with Gasteiger partial charge in [-0.1, -0.05) is 58.1 Å². The van der Waals surface area contributed by atoms with Crippen LogP contribution in [-0.4, -0.2) is 31.0 Å². The zero-order valence-corrected chi connectivity index (χ0v) is 20.4. The fraction of sp³-hybridized carbons (Fsp3) is 0.889. The number of hydrogen-bond donors (Lipinski definition) is 0. The van der Waals surface area contributed by atoms with Gasteiger partial charge in [-0.05, 0) is 76.0 Å². The molecule has 4 heteroatoms. The summed E-state index contributed by atoms with van der Waals surface area (Å²) in [5.74, 6) is 0.500. The number of rotatable bonds is 13. The molecule has 31 heavy (non-hydrogen) atoms. The van der Waals surface area contributed by atoms with E-state index in [2.05, 4.69) is 19.9 Å². The van der Waals surface area contributed by atoms with Crippen molar-refractivity contribution in [1.82, 2.24) is 0 Å². The summed E-state index contributed by atoms with van der Waals surface area (Å²) in [7, 11) is 0. The lowest BCUT2D eigenvalue weighted by Crippen LogP contribution is -2.36. The van der Waals surface area contributed by atoms with Gasteiger partial charge in [-0.15, -0.1) is 0 Å². The maximum absolute atomic E-state index is 14.3. The van der Waals surface area contributed by atoms with Crippen LogP contribution in [0, 0.1) is 11.8 Å². The van der Waals surface area contributed by atoms with E-state index in [4.69, 9.17) is 9.47 Å². The SMILES string of the molecule is CCCCCC1=CCC[C@@H](OC2CCCCO2)[C@H](CCC(=O)C(F)CCCC)C(C)C1. The normalized spacial score (nSPS) is 28.5. The van der Waals surface area contributed by atoms with E-state index < -0.39 is 6.17 Å². The van der Waals surface area contributed by atoms with Crippen molar-refractivity contribution < 1.29 is 18.7 Å². The fourth-order valence-electron chi connectivity index (χ4n) is 5.15. The van der Waals surface area contributed by atoms with Gasteiger partial charge >= 0.3 is 0 Å². The minimum absolute atomic E-state index is 0.0908. The molecule has 0 spiro atoms. The average molecular weight is 439 g/mol. The van der Waals surface area contributed by atoms with E-state index in [0.29, 0.717) is 18.8 Å². The number of carbonyl (C=O) groups is 1. The first-order valence-corrected chi connectivity index (χ1v) is 13.2. The number of halogens is 1. The Kier molecular flexibility index (Phi) is 13.0. The van der Waals surface area contributed by atoms with Crippen molar-refractivity contribution in [3.05, 3.63) is 11.6 Å². The van der Waals surface area contributed by atoms with Crippen molar-refractivity contribution in [3.63, 3.8) is 0 Å². The van der Waals surface area contributed by atoms with E-state index in [1.807, 2.05) is 6.92 Å².